The highest BCUT2D eigenvalue weighted by Gasteiger charge is 2.64. The number of Topliss-reactive ketones (excluding diaryl/α,β-unsaturated/α-hetero) is 1. The molecule has 2 aliphatic rings. The number of carbonyl (C=O) groups excluding carboxylic acids is 1. The SMILES string of the molecule is CC(C)(C)Oc1cccc([S+](c2cccc(OC(C)(C)C)c2)c2cccc(OC(C)(C)C)c2)c1.CC1(C)C2CCC1(CS(=O)(=O)[O-])C(=O)C2. The molecule has 0 radical (unpaired) electrons. The molecule has 2 fully saturated rings. The van der Waals surface area contributed by atoms with Crippen molar-refractivity contribution in [1.29, 1.82) is 0 Å². The van der Waals surface area contributed by atoms with Crippen LogP contribution >= 0.6 is 0 Å². The second kappa shape index (κ2) is 14.0. The number of rotatable bonds is 8. The lowest BCUT2D eigenvalue weighted by Crippen LogP contribution is -2.42. The topological polar surface area (TPSA) is 102 Å². The van der Waals surface area contributed by atoms with Crippen molar-refractivity contribution in [2.45, 2.75) is 127 Å². The first-order valence-electron chi connectivity index (χ1n) is 17.0. The van der Waals surface area contributed by atoms with Crippen molar-refractivity contribution in [2.75, 3.05) is 5.75 Å². The molecule has 0 spiro atoms. The molecule has 49 heavy (non-hydrogen) atoms. The van der Waals surface area contributed by atoms with Gasteiger partial charge in [-0.1, -0.05) is 32.0 Å². The minimum absolute atomic E-state index is 0.0248. The summed E-state index contributed by atoms with van der Waals surface area (Å²) in [6, 6.07) is 25.3. The molecule has 2 aliphatic carbocycles. The van der Waals surface area contributed by atoms with Crippen LogP contribution in [0.15, 0.2) is 87.5 Å². The van der Waals surface area contributed by atoms with E-state index in [9.17, 15) is 17.8 Å². The van der Waals surface area contributed by atoms with E-state index in [1.54, 1.807) is 0 Å². The summed E-state index contributed by atoms with van der Waals surface area (Å²) < 4.78 is 51.3. The van der Waals surface area contributed by atoms with Crippen molar-refractivity contribution in [3.8, 4) is 17.2 Å². The van der Waals surface area contributed by atoms with Gasteiger partial charge in [-0.05, 0) is 123 Å². The predicted octanol–water partition coefficient (Wildman–Crippen LogP) is 9.24. The molecule has 5 rings (SSSR count). The third-order valence-electron chi connectivity index (χ3n) is 8.96. The van der Waals surface area contributed by atoms with Crippen LogP contribution in [-0.2, 0) is 25.8 Å². The van der Waals surface area contributed by atoms with Gasteiger partial charge in [-0.25, -0.2) is 8.42 Å². The molecule has 0 aromatic heterocycles. The Morgan fingerprint density at radius 3 is 1.35 bits per heavy atom. The Labute approximate surface area is 297 Å². The molecule has 0 saturated heterocycles. The van der Waals surface area contributed by atoms with E-state index in [0.717, 1.165) is 23.7 Å². The summed E-state index contributed by atoms with van der Waals surface area (Å²) in [5, 5.41) is 0. The van der Waals surface area contributed by atoms with Gasteiger partial charge in [-0.2, -0.15) is 0 Å². The molecule has 0 heterocycles. The van der Waals surface area contributed by atoms with Crippen LogP contribution in [0.3, 0.4) is 0 Å². The summed E-state index contributed by atoms with van der Waals surface area (Å²) in [5.41, 5.74) is -2.02. The minimum Gasteiger partial charge on any atom is -0.748 e. The summed E-state index contributed by atoms with van der Waals surface area (Å²) in [7, 11) is -4.70. The van der Waals surface area contributed by atoms with Gasteiger partial charge in [0.15, 0.2) is 14.7 Å². The Balaban J connectivity index is 0.000000299. The summed E-state index contributed by atoms with van der Waals surface area (Å²) in [5.74, 6) is 2.32. The number of benzene rings is 3. The van der Waals surface area contributed by atoms with E-state index >= 15 is 0 Å². The van der Waals surface area contributed by atoms with E-state index in [2.05, 4.69) is 117 Å². The fourth-order valence-electron chi connectivity index (χ4n) is 6.87. The fraction of sp³-hybridized carbons (Fsp3) is 0.525. The molecule has 0 N–H and O–H groups in total. The number of hydrogen-bond acceptors (Lipinski definition) is 7. The Kier molecular flexibility index (Phi) is 11.0. The van der Waals surface area contributed by atoms with E-state index < -0.39 is 21.3 Å². The Hall–Kier alpha value is -3.01. The van der Waals surface area contributed by atoms with Crippen molar-refractivity contribution < 1.29 is 32.0 Å². The first kappa shape index (κ1) is 38.8. The molecule has 2 unspecified atom stereocenters. The highest BCUT2D eigenvalue weighted by Crippen LogP contribution is 2.64. The molecular weight excluding hydrogens is 657 g/mol. The summed E-state index contributed by atoms with van der Waals surface area (Å²) >= 11 is 0. The molecule has 9 heteroatoms. The maximum atomic E-state index is 11.8. The van der Waals surface area contributed by atoms with Crippen molar-refractivity contribution >= 4 is 26.8 Å². The Morgan fingerprint density at radius 1 is 0.714 bits per heavy atom. The lowest BCUT2D eigenvalue weighted by Gasteiger charge is -2.37. The zero-order chi connectivity index (χ0) is 36.6. The maximum Gasteiger partial charge on any atom is 0.170 e. The van der Waals surface area contributed by atoms with Crippen LogP contribution in [0.5, 0.6) is 17.2 Å². The number of carbonyl (C=O) groups is 1. The van der Waals surface area contributed by atoms with Crippen LogP contribution in [0.4, 0.5) is 0 Å². The van der Waals surface area contributed by atoms with Gasteiger partial charge in [0, 0.05) is 30.0 Å². The molecule has 7 nitrogen and oxygen atoms in total. The fourth-order valence-corrected chi connectivity index (χ4v) is 10.3. The van der Waals surface area contributed by atoms with Crippen LogP contribution in [0, 0.1) is 16.7 Å². The average Bonchev–Trinajstić information content (AvgIpc) is 3.25. The number of ketones is 1. The lowest BCUT2D eigenvalue weighted by atomic mass is 9.70. The predicted molar refractivity (Wildman–Crippen MR) is 196 cm³/mol. The quantitative estimate of drug-likeness (QED) is 0.170. The van der Waals surface area contributed by atoms with Gasteiger partial charge in [0.25, 0.3) is 0 Å². The van der Waals surface area contributed by atoms with E-state index in [1.165, 1.54) is 14.7 Å². The monoisotopic (exact) mass is 710 g/mol. The largest absolute Gasteiger partial charge is 0.748 e. The van der Waals surface area contributed by atoms with E-state index in [4.69, 9.17) is 14.2 Å². The van der Waals surface area contributed by atoms with Crippen molar-refractivity contribution in [3.05, 3.63) is 72.8 Å². The highest BCUT2D eigenvalue weighted by molar-refractivity contribution is 7.97. The van der Waals surface area contributed by atoms with Crippen LogP contribution in [-0.4, -0.2) is 41.3 Å². The smallest absolute Gasteiger partial charge is 0.170 e. The third-order valence-corrected chi connectivity index (χ3v) is 12.0. The molecule has 3 aromatic carbocycles. The minimum atomic E-state index is -4.33. The van der Waals surface area contributed by atoms with Gasteiger partial charge in [-0.3, -0.25) is 4.79 Å². The first-order valence-corrected chi connectivity index (χ1v) is 19.8. The van der Waals surface area contributed by atoms with Crippen LogP contribution in [0.2, 0.25) is 0 Å². The van der Waals surface area contributed by atoms with E-state index in [1.807, 2.05) is 32.0 Å². The van der Waals surface area contributed by atoms with Gasteiger partial charge in [0.2, 0.25) is 0 Å². The van der Waals surface area contributed by atoms with Gasteiger partial charge < -0.3 is 18.8 Å². The second-order valence-corrected chi connectivity index (χ2v) is 20.2. The van der Waals surface area contributed by atoms with Gasteiger partial charge in [-0.15, -0.1) is 0 Å². The Morgan fingerprint density at radius 2 is 1.08 bits per heavy atom. The van der Waals surface area contributed by atoms with Gasteiger partial charge in [0.05, 0.1) is 26.8 Å². The lowest BCUT2D eigenvalue weighted by molar-refractivity contribution is -0.128. The molecule has 0 aliphatic heterocycles. The normalized spacial score (nSPS) is 20.5. The zero-order valence-electron chi connectivity index (χ0n) is 31.0. The molecule has 0 amide bonds. The van der Waals surface area contributed by atoms with Gasteiger partial charge in [0.1, 0.15) is 39.8 Å². The third kappa shape index (κ3) is 10.0. The van der Waals surface area contributed by atoms with Crippen molar-refractivity contribution in [1.82, 2.24) is 0 Å². The van der Waals surface area contributed by atoms with Crippen LogP contribution < -0.4 is 14.2 Å². The summed E-state index contributed by atoms with van der Waals surface area (Å²) in [6.45, 7) is 22.5. The van der Waals surface area contributed by atoms with E-state index in [0.29, 0.717) is 12.8 Å². The standard InChI is InChI=1S/C30H39O3S.C10H16O4S/c1-28(2,3)31-22-13-10-16-25(19-22)34(26-17-11-14-23(20-26)32-29(4,5)6)27-18-12-15-24(21-27)33-30(7,8)9;1-9(2)7-3-4-10(9,8(11)5-7)6-15(12,13)14/h10-21H,1-9H3;7H,3-6H2,1-2H3,(H,12,13,14)/q+1;/p-1. The van der Waals surface area contributed by atoms with Crippen molar-refractivity contribution in [2.24, 2.45) is 16.7 Å². The van der Waals surface area contributed by atoms with Crippen LogP contribution in [0.25, 0.3) is 0 Å². The molecule has 2 atom stereocenters. The van der Waals surface area contributed by atoms with Gasteiger partial charge >= 0.3 is 0 Å². The maximum absolute atomic E-state index is 11.8. The highest BCUT2D eigenvalue weighted by atomic mass is 32.2. The van der Waals surface area contributed by atoms with Crippen LogP contribution in [0.1, 0.15) is 95.4 Å². The summed E-state index contributed by atoms with van der Waals surface area (Å²) in [4.78, 5) is 15.4. The first-order chi connectivity index (χ1) is 22.4. The molecule has 268 valence electrons. The zero-order valence-corrected chi connectivity index (χ0v) is 32.6. The summed E-state index contributed by atoms with van der Waals surface area (Å²) in [6.07, 6.45) is 1.88. The number of ether oxygens (including phenoxy) is 3. The molecule has 2 saturated carbocycles. The number of hydrogen-bond donors (Lipinski definition) is 0. The van der Waals surface area contributed by atoms with Crippen molar-refractivity contribution in [3.63, 3.8) is 0 Å². The molecule has 2 bridgehead atoms. The number of fused-ring (bicyclic) bond motifs is 2. The van der Waals surface area contributed by atoms with E-state index in [-0.39, 0.29) is 44.8 Å². The Bertz CT molecular complexity index is 1600. The molecule has 3 aromatic rings. The second-order valence-electron chi connectivity index (χ2n) is 16.7. The average molecular weight is 711 g/mol. The molecular formula is C40H54O7S2.